The number of nitrogens with one attached hydrogen (secondary N) is 1. The van der Waals surface area contributed by atoms with Gasteiger partial charge in [-0.2, -0.15) is 0 Å². The van der Waals surface area contributed by atoms with Crippen LogP contribution in [0.4, 0.5) is 0 Å². The first-order valence-electron chi connectivity index (χ1n) is 6.54. The quantitative estimate of drug-likeness (QED) is 0.666. The number of allylic oxidation sites excluding steroid dienone is 1. The molecule has 1 aromatic heterocycles. The van der Waals surface area contributed by atoms with Gasteiger partial charge in [-0.05, 0) is 25.3 Å². The number of hydrogen-bond donors (Lipinski definition) is 3. The minimum absolute atomic E-state index is 0.0780. The van der Waals surface area contributed by atoms with Gasteiger partial charge in [0.25, 0.3) is 5.56 Å². The van der Waals surface area contributed by atoms with Crippen LogP contribution in [0.2, 0.25) is 0 Å². The zero-order chi connectivity index (χ0) is 14.4. The second kappa shape index (κ2) is 4.60. The number of ether oxygens (including phenoxy) is 1. The summed E-state index contributed by atoms with van der Waals surface area (Å²) in [6.07, 6.45) is 0.875. The van der Waals surface area contributed by atoms with E-state index in [4.69, 9.17) is 4.74 Å². The Kier molecular flexibility index (Phi) is 3.02. The van der Waals surface area contributed by atoms with Crippen molar-refractivity contribution in [3.63, 3.8) is 0 Å². The van der Waals surface area contributed by atoms with Crippen LogP contribution in [0.15, 0.2) is 27.1 Å². The lowest BCUT2D eigenvalue weighted by atomic mass is 10.1. The summed E-state index contributed by atoms with van der Waals surface area (Å²) in [5.74, 6) is 0.0780. The summed E-state index contributed by atoms with van der Waals surface area (Å²) in [6.45, 7) is 1.58. The van der Waals surface area contributed by atoms with Crippen molar-refractivity contribution in [3.8, 4) is 0 Å². The van der Waals surface area contributed by atoms with Gasteiger partial charge in [0.05, 0.1) is 6.10 Å². The van der Waals surface area contributed by atoms with Gasteiger partial charge in [0.1, 0.15) is 18.1 Å². The number of aliphatic hydroxyl groups excluding tert-OH is 2. The Morgan fingerprint density at radius 1 is 1.45 bits per heavy atom. The number of nitrogens with zero attached hydrogens (tertiary/aromatic N) is 1. The molecule has 2 fully saturated rings. The highest BCUT2D eigenvalue weighted by molar-refractivity contribution is 5.24. The van der Waals surface area contributed by atoms with Crippen LogP contribution in [0.3, 0.4) is 0 Å². The van der Waals surface area contributed by atoms with Crippen LogP contribution in [0, 0.1) is 6.92 Å². The summed E-state index contributed by atoms with van der Waals surface area (Å²) in [6, 6.07) is 0. The van der Waals surface area contributed by atoms with E-state index in [0.29, 0.717) is 5.56 Å². The van der Waals surface area contributed by atoms with Crippen LogP contribution >= 0.6 is 0 Å². The molecule has 1 saturated carbocycles. The van der Waals surface area contributed by atoms with E-state index in [-0.39, 0.29) is 12.2 Å². The number of hydrogen-bond acceptors (Lipinski definition) is 5. The van der Waals surface area contributed by atoms with Crippen LogP contribution in [-0.2, 0) is 4.74 Å². The van der Waals surface area contributed by atoms with Crippen molar-refractivity contribution in [1.29, 1.82) is 0 Å². The molecule has 3 rings (SSSR count). The number of rotatable bonds is 2. The van der Waals surface area contributed by atoms with E-state index in [9.17, 15) is 19.8 Å². The number of aliphatic hydroxyl groups is 2. The molecule has 3 N–H and O–H groups in total. The van der Waals surface area contributed by atoms with Gasteiger partial charge in [0.2, 0.25) is 0 Å². The van der Waals surface area contributed by atoms with Crippen molar-refractivity contribution < 1.29 is 14.9 Å². The predicted molar refractivity (Wildman–Crippen MR) is 69.5 cm³/mol. The van der Waals surface area contributed by atoms with E-state index >= 15 is 0 Å². The molecule has 1 aliphatic heterocycles. The van der Waals surface area contributed by atoms with E-state index in [0.717, 1.165) is 18.4 Å². The highest BCUT2D eigenvalue weighted by Crippen LogP contribution is 2.38. The van der Waals surface area contributed by atoms with Gasteiger partial charge >= 0.3 is 5.69 Å². The fraction of sp³-hybridized carbons (Fsp3) is 0.538. The zero-order valence-corrected chi connectivity index (χ0v) is 11.0. The number of aryl methyl sites for hydroxylation is 1. The van der Waals surface area contributed by atoms with Crippen molar-refractivity contribution in [2.75, 3.05) is 0 Å². The molecule has 1 saturated heterocycles. The Morgan fingerprint density at radius 3 is 2.80 bits per heavy atom. The molecule has 20 heavy (non-hydrogen) atoms. The van der Waals surface area contributed by atoms with Crippen molar-refractivity contribution in [2.24, 2.45) is 0 Å². The van der Waals surface area contributed by atoms with Gasteiger partial charge in [0, 0.05) is 18.2 Å². The van der Waals surface area contributed by atoms with Gasteiger partial charge in [-0.1, -0.05) is 0 Å². The standard InChI is InChI=1S/C13H16N2O5/c1-6-5-15(13(19)14-12(6)18)9-4-8(16)11(20-9)10(17)7-2-3-7/h5,8-9,11,16-17H,2-4H2,1H3,(H,14,18,19)/t8-,9+,11-/m0/s1. The Hall–Kier alpha value is -1.86. The minimum atomic E-state index is -0.868. The molecule has 7 nitrogen and oxygen atoms in total. The third-order valence-electron chi connectivity index (χ3n) is 3.68. The highest BCUT2D eigenvalue weighted by atomic mass is 16.5. The Bertz CT molecular complexity index is 681. The van der Waals surface area contributed by atoms with E-state index in [1.165, 1.54) is 10.8 Å². The average molecular weight is 280 g/mol. The summed E-state index contributed by atoms with van der Waals surface area (Å²) in [7, 11) is 0. The van der Waals surface area contributed by atoms with Crippen LogP contribution in [0.25, 0.3) is 0 Å². The van der Waals surface area contributed by atoms with Crippen molar-refractivity contribution in [3.05, 3.63) is 43.9 Å². The molecule has 0 bridgehead atoms. The smallest absolute Gasteiger partial charge is 0.330 e. The van der Waals surface area contributed by atoms with E-state index < -0.39 is 29.7 Å². The highest BCUT2D eigenvalue weighted by Gasteiger charge is 2.40. The summed E-state index contributed by atoms with van der Waals surface area (Å²) >= 11 is 0. The number of aromatic nitrogens is 2. The fourth-order valence-corrected chi connectivity index (χ4v) is 2.39. The maximum Gasteiger partial charge on any atom is 0.330 e. The van der Waals surface area contributed by atoms with Gasteiger partial charge in [-0.15, -0.1) is 0 Å². The molecule has 3 atom stereocenters. The predicted octanol–water partition coefficient (Wildman–Crippen LogP) is 0.0993. The molecular formula is C13H16N2O5. The number of aromatic amines is 1. The molecule has 0 unspecified atom stereocenters. The second-order valence-corrected chi connectivity index (χ2v) is 5.28. The normalized spacial score (nSPS) is 28.7. The first-order valence-corrected chi connectivity index (χ1v) is 6.54. The molecule has 108 valence electrons. The lowest BCUT2D eigenvalue weighted by molar-refractivity contribution is -0.0200. The molecule has 2 heterocycles. The monoisotopic (exact) mass is 280 g/mol. The average Bonchev–Trinajstić information content (AvgIpc) is 3.16. The largest absolute Gasteiger partial charge is 0.509 e. The van der Waals surface area contributed by atoms with Gasteiger partial charge in [0.15, 0.2) is 0 Å². The van der Waals surface area contributed by atoms with Crippen LogP contribution in [0.5, 0.6) is 0 Å². The first kappa shape index (κ1) is 13.1. The summed E-state index contributed by atoms with van der Waals surface area (Å²) in [4.78, 5) is 25.3. The Labute approximate surface area is 114 Å². The third kappa shape index (κ3) is 2.19. The molecule has 1 aliphatic carbocycles. The summed E-state index contributed by atoms with van der Waals surface area (Å²) in [5, 5.41) is 19.9. The van der Waals surface area contributed by atoms with E-state index in [1.807, 2.05) is 0 Å². The summed E-state index contributed by atoms with van der Waals surface area (Å²) in [5.41, 5.74) is 0.247. The van der Waals surface area contributed by atoms with Gasteiger partial charge < -0.3 is 14.9 Å². The third-order valence-corrected chi connectivity index (χ3v) is 3.68. The first-order chi connectivity index (χ1) is 9.47. The molecular weight excluding hydrogens is 264 g/mol. The zero-order valence-electron chi connectivity index (χ0n) is 11.0. The van der Waals surface area contributed by atoms with Gasteiger partial charge in [-0.3, -0.25) is 14.3 Å². The minimum Gasteiger partial charge on any atom is -0.509 e. The van der Waals surface area contributed by atoms with Crippen LogP contribution in [-0.4, -0.2) is 32.0 Å². The fourth-order valence-electron chi connectivity index (χ4n) is 2.39. The number of H-pyrrole nitrogens is 1. The lowest BCUT2D eigenvalue weighted by Crippen LogP contribution is -2.33. The molecule has 0 radical (unpaired) electrons. The van der Waals surface area contributed by atoms with Crippen molar-refractivity contribution in [2.45, 2.75) is 44.6 Å². The lowest BCUT2D eigenvalue weighted by Gasteiger charge is -2.15. The van der Waals surface area contributed by atoms with Crippen LogP contribution < -0.4 is 11.2 Å². The van der Waals surface area contributed by atoms with Crippen molar-refractivity contribution >= 4 is 0 Å². The van der Waals surface area contributed by atoms with Gasteiger partial charge in [-0.25, -0.2) is 4.79 Å². The summed E-state index contributed by atoms with van der Waals surface area (Å²) < 4.78 is 6.82. The molecule has 0 amide bonds. The SMILES string of the molecule is Cc1cn([C@H]2C[C@H](O)[C@@H](C(O)=C3CC3)O2)c(=O)[nH]c1=O. The molecule has 2 aliphatic rings. The molecule has 1 aromatic rings. The Balaban J connectivity index is 1.90. The molecule has 7 heteroatoms. The molecule has 0 aromatic carbocycles. The second-order valence-electron chi connectivity index (χ2n) is 5.28. The maximum atomic E-state index is 11.8. The topological polar surface area (TPSA) is 105 Å². The van der Waals surface area contributed by atoms with E-state index in [1.54, 1.807) is 6.92 Å². The van der Waals surface area contributed by atoms with Crippen LogP contribution in [0.1, 0.15) is 31.1 Å². The molecule has 0 spiro atoms. The Morgan fingerprint density at radius 2 is 2.15 bits per heavy atom. The van der Waals surface area contributed by atoms with E-state index in [2.05, 4.69) is 4.98 Å². The maximum absolute atomic E-state index is 11.8. The van der Waals surface area contributed by atoms with Crippen molar-refractivity contribution in [1.82, 2.24) is 9.55 Å².